The number of carbonyl (C=O) groups excluding carboxylic acids is 1. The van der Waals surface area contributed by atoms with Crippen LogP contribution in [0.15, 0.2) is 54.4 Å². The molecule has 1 atom stereocenters. The molecule has 1 aliphatic heterocycles. The minimum atomic E-state index is -1.32. The fraction of sp³-hybridized carbons (Fsp3) is 0.0952. The van der Waals surface area contributed by atoms with Crippen molar-refractivity contribution < 1.29 is 28.2 Å². The molecule has 0 unspecified atom stereocenters. The first kappa shape index (κ1) is 21.3. The van der Waals surface area contributed by atoms with Crippen molar-refractivity contribution in [3.05, 3.63) is 82.2 Å². The highest BCUT2D eigenvalue weighted by atomic mass is 35.5. The molecule has 3 N–H and O–H groups in total. The number of aromatic nitrogens is 2. The third-order valence-corrected chi connectivity index (χ3v) is 5.10. The highest BCUT2D eigenvalue weighted by Crippen LogP contribution is 2.34. The molecule has 0 spiro atoms. The molecule has 32 heavy (non-hydrogen) atoms. The lowest BCUT2D eigenvalue weighted by Crippen LogP contribution is -2.26. The van der Waals surface area contributed by atoms with Gasteiger partial charge in [-0.15, -0.1) is 0 Å². The van der Waals surface area contributed by atoms with Gasteiger partial charge in [-0.2, -0.15) is 5.10 Å². The van der Waals surface area contributed by atoms with E-state index in [2.05, 4.69) is 15.7 Å². The fourth-order valence-electron chi connectivity index (χ4n) is 3.29. The van der Waals surface area contributed by atoms with Gasteiger partial charge in [0.1, 0.15) is 40.5 Å². The second-order valence-corrected chi connectivity index (χ2v) is 7.18. The van der Waals surface area contributed by atoms with Gasteiger partial charge in [0.2, 0.25) is 0 Å². The first-order valence-electron chi connectivity index (χ1n) is 9.18. The number of anilines is 2. The Hall–Kier alpha value is -3.92. The van der Waals surface area contributed by atoms with Gasteiger partial charge in [-0.3, -0.25) is 4.79 Å². The Morgan fingerprint density at radius 2 is 2.03 bits per heavy atom. The van der Waals surface area contributed by atoms with E-state index in [1.54, 1.807) is 12.1 Å². The Balaban J connectivity index is 1.71. The monoisotopic (exact) mass is 460 g/mol. The maximum Gasteiger partial charge on any atom is 0.352 e. The van der Waals surface area contributed by atoms with E-state index in [0.717, 1.165) is 6.07 Å². The van der Waals surface area contributed by atoms with Gasteiger partial charge >= 0.3 is 5.97 Å². The number of allylic oxidation sites excluding steroid dienone is 1. The van der Waals surface area contributed by atoms with Crippen molar-refractivity contribution in [3.8, 4) is 5.75 Å². The van der Waals surface area contributed by atoms with E-state index in [0.29, 0.717) is 17.5 Å². The molecule has 11 heteroatoms. The quantitative estimate of drug-likeness (QED) is 0.530. The number of halogens is 3. The number of nitrogens with one attached hydrogen (secondary N) is 2. The Labute approximate surface area is 185 Å². The zero-order chi connectivity index (χ0) is 23.0. The standard InChI is InChI=1S/C21H15ClF2N4O4/c1-32-18-5-3-11(7-14(18)22)26-20(29)13-9-25-28-17(8-16(21(30)31)27-19(13)28)12-4-2-10(23)6-15(12)24/h2-9,17,27H,1H3,(H,26,29)(H,30,31)/t17-/m0/s1. The molecule has 0 radical (unpaired) electrons. The van der Waals surface area contributed by atoms with E-state index in [1.807, 2.05) is 0 Å². The molecule has 0 aliphatic carbocycles. The van der Waals surface area contributed by atoms with Crippen LogP contribution >= 0.6 is 11.6 Å². The van der Waals surface area contributed by atoms with Gasteiger partial charge in [0.15, 0.2) is 0 Å². The van der Waals surface area contributed by atoms with Crippen LogP contribution in [0.4, 0.5) is 20.3 Å². The Bertz CT molecular complexity index is 1270. The van der Waals surface area contributed by atoms with E-state index in [9.17, 15) is 23.5 Å². The molecule has 1 amide bonds. The number of carbonyl (C=O) groups is 2. The molecule has 0 bridgehead atoms. The molecule has 0 saturated carbocycles. The van der Waals surface area contributed by atoms with E-state index in [4.69, 9.17) is 16.3 Å². The molecular weight excluding hydrogens is 446 g/mol. The fourth-order valence-corrected chi connectivity index (χ4v) is 3.55. The van der Waals surface area contributed by atoms with Gasteiger partial charge in [0, 0.05) is 17.3 Å². The number of nitrogens with zero attached hydrogens (tertiary/aromatic N) is 2. The second kappa shape index (κ2) is 8.31. The number of carboxylic acid groups (broad SMARTS) is 1. The minimum absolute atomic E-state index is 0.00936. The van der Waals surface area contributed by atoms with Gasteiger partial charge in [-0.1, -0.05) is 17.7 Å². The molecule has 4 rings (SSSR count). The summed E-state index contributed by atoms with van der Waals surface area (Å²) in [6.45, 7) is 0. The summed E-state index contributed by atoms with van der Waals surface area (Å²) in [6, 6.07) is 6.56. The van der Waals surface area contributed by atoms with E-state index in [1.165, 1.54) is 36.2 Å². The molecule has 1 aliphatic rings. The number of methoxy groups -OCH3 is 1. The number of aliphatic carboxylic acids is 1. The third-order valence-electron chi connectivity index (χ3n) is 4.80. The first-order valence-corrected chi connectivity index (χ1v) is 9.55. The van der Waals surface area contributed by atoms with Crippen molar-refractivity contribution in [2.45, 2.75) is 6.04 Å². The van der Waals surface area contributed by atoms with Crippen LogP contribution in [0.2, 0.25) is 5.02 Å². The van der Waals surface area contributed by atoms with Gasteiger partial charge in [-0.05, 0) is 30.3 Å². The van der Waals surface area contributed by atoms with Crippen LogP contribution in [0, 0.1) is 11.6 Å². The van der Waals surface area contributed by atoms with Gasteiger partial charge in [0.25, 0.3) is 5.91 Å². The predicted molar refractivity (Wildman–Crippen MR) is 112 cm³/mol. The van der Waals surface area contributed by atoms with Crippen LogP contribution in [-0.2, 0) is 4.79 Å². The number of hydrogen-bond acceptors (Lipinski definition) is 5. The van der Waals surface area contributed by atoms with Crippen molar-refractivity contribution >= 4 is 35.0 Å². The number of benzene rings is 2. The second-order valence-electron chi connectivity index (χ2n) is 6.78. The van der Waals surface area contributed by atoms with Crippen molar-refractivity contribution in [1.82, 2.24) is 9.78 Å². The van der Waals surface area contributed by atoms with E-state index < -0.39 is 29.6 Å². The molecule has 2 heterocycles. The summed E-state index contributed by atoms with van der Waals surface area (Å²) in [7, 11) is 1.46. The van der Waals surface area contributed by atoms with Crippen LogP contribution in [0.3, 0.4) is 0 Å². The van der Waals surface area contributed by atoms with E-state index in [-0.39, 0.29) is 27.7 Å². The summed E-state index contributed by atoms with van der Waals surface area (Å²) >= 11 is 6.08. The van der Waals surface area contributed by atoms with Crippen LogP contribution < -0.4 is 15.4 Å². The predicted octanol–water partition coefficient (Wildman–Crippen LogP) is 4.06. The molecule has 0 saturated heterocycles. The van der Waals surface area contributed by atoms with Crippen LogP contribution in [0.5, 0.6) is 5.75 Å². The lowest BCUT2D eigenvalue weighted by molar-refractivity contribution is -0.132. The summed E-state index contributed by atoms with van der Waals surface area (Å²) < 4.78 is 34.1. The van der Waals surface area contributed by atoms with Crippen molar-refractivity contribution in [2.24, 2.45) is 0 Å². The zero-order valence-electron chi connectivity index (χ0n) is 16.4. The molecule has 3 aromatic rings. The zero-order valence-corrected chi connectivity index (χ0v) is 17.2. The van der Waals surface area contributed by atoms with Crippen molar-refractivity contribution in [3.63, 3.8) is 0 Å². The smallest absolute Gasteiger partial charge is 0.352 e. The lowest BCUT2D eigenvalue weighted by atomic mass is 10.0. The van der Waals surface area contributed by atoms with Crippen molar-refractivity contribution in [2.75, 3.05) is 17.7 Å². The van der Waals surface area contributed by atoms with Gasteiger partial charge in [0.05, 0.1) is 18.3 Å². The Morgan fingerprint density at radius 3 is 2.69 bits per heavy atom. The summed E-state index contributed by atoms with van der Waals surface area (Å²) in [5.41, 5.74) is 0.0844. The molecule has 0 fully saturated rings. The molecular formula is C21H15ClF2N4O4. The van der Waals surface area contributed by atoms with Gasteiger partial charge < -0.3 is 20.5 Å². The summed E-state index contributed by atoms with van der Waals surface area (Å²) in [5.74, 6) is -3.12. The lowest BCUT2D eigenvalue weighted by Gasteiger charge is -2.24. The molecule has 164 valence electrons. The topological polar surface area (TPSA) is 105 Å². The maximum atomic E-state index is 14.4. The minimum Gasteiger partial charge on any atom is -0.495 e. The number of carboxylic acids is 1. The molecule has 2 aromatic carbocycles. The number of ether oxygens (including phenoxy) is 1. The number of fused-ring (bicyclic) bond motifs is 1. The molecule has 8 nitrogen and oxygen atoms in total. The van der Waals surface area contributed by atoms with E-state index >= 15 is 0 Å². The summed E-state index contributed by atoms with van der Waals surface area (Å²) in [6.07, 6.45) is 2.44. The summed E-state index contributed by atoms with van der Waals surface area (Å²) in [4.78, 5) is 24.5. The third kappa shape index (κ3) is 3.87. The van der Waals surface area contributed by atoms with Crippen LogP contribution in [-0.4, -0.2) is 33.9 Å². The Kier molecular flexibility index (Phi) is 5.54. The van der Waals surface area contributed by atoms with Crippen LogP contribution in [0.1, 0.15) is 22.0 Å². The Morgan fingerprint density at radius 1 is 1.25 bits per heavy atom. The normalized spacial score (nSPS) is 14.8. The SMILES string of the molecule is COc1ccc(NC(=O)c2cnn3c2NC(C(=O)O)=C[C@H]3c2ccc(F)cc2F)cc1Cl. The largest absolute Gasteiger partial charge is 0.495 e. The van der Waals surface area contributed by atoms with Crippen molar-refractivity contribution in [1.29, 1.82) is 0 Å². The number of rotatable bonds is 5. The number of amides is 1. The van der Waals surface area contributed by atoms with Crippen LogP contribution in [0.25, 0.3) is 0 Å². The summed E-state index contributed by atoms with van der Waals surface area (Å²) in [5, 5.41) is 19.2. The average Bonchev–Trinajstić information content (AvgIpc) is 3.17. The number of hydrogen-bond donors (Lipinski definition) is 3. The first-order chi connectivity index (χ1) is 15.3. The highest BCUT2D eigenvalue weighted by Gasteiger charge is 2.31. The average molecular weight is 461 g/mol. The maximum absolute atomic E-state index is 14.4. The van der Waals surface area contributed by atoms with Gasteiger partial charge in [-0.25, -0.2) is 18.3 Å². The highest BCUT2D eigenvalue weighted by molar-refractivity contribution is 6.32. The molecule has 1 aromatic heterocycles.